The number of rotatable bonds is 7. The maximum atomic E-state index is 11.0. The second-order valence-corrected chi connectivity index (χ2v) is 4.72. The summed E-state index contributed by atoms with van der Waals surface area (Å²) in [5.74, 6) is 0.454. The van der Waals surface area contributed by atoms with Crippen LogP contribution in [-0.2, 0) is 4.79 Å². The summed E-state index contributed by atoms with van der Waals surface area (Å²) in [7, 11) is 1.60. The van der Waals surface area contributed by atoms with E-state index in [2.05, 4.69) is 15.5 Å². The van der Waals surface area contributed by atoms with Crippen LogP contribution in [0.3, 0.4) is 0 Å². The first-order valence-corrected chi connectivity index (χ1v) is 6.79. The lowest BCUT2D eigenvalue weighted by Gasteiger charge is -2.15. The summed E-state index contributed by atoms with van der Waals surface area (Å²) in [5, 5.41) is 20.7. The molecule has 0 bridgehead atoms. The van der Waals surface area contributed by atoms with Gasteiger partial charge in [0.25, 0.3) is 0 Å². The van der Waals surface area contributed by atoms with Crippen LogP contribution in [0, 0.1) is 0 Å². The SMILES string of the molecule is CCCC(CC(=O)O)n1nnnc1-c1ccc(OC)cc1. The number of aliphatic carboxylic acids is 1. The molecule has 21 heavy (non-hydrogen) atoms. The highest BCUT2D eigenvalue weighted by molar-refractivity contribution is 5.67. The Kier molecular flexibility index (Phi) is 4.86. The number of ether oxygens (including phenoxy) is 1. The van der Waals surface area contributed by atoms with Crippen molar-refractivity contribution in [1.29, 1.82) is 0 Å². The number of carboxylic acid groups (broad SMARTS) is 1. The van der Waals surface area contributed by atoms with Crippen LogP contribution in [0.25, 0.3) is 11.4 Å². The maximum Gasteiger partial charge on any atom is 0.305 e. The lowest BCUT2D eigenvalue weighted by molar-refractivity contribution is -0.138. The van der Waals surface area contributed by atoms with Crippen molar-refractivity contribution in [2.24, 2.45) is 0 Å². The molecule has 0 spiro atoms. The molecule has 1 aromatic heterocycles. The largest absolute Gasteiger partial charge is 0.497 e. The van der Waals surface area contributed by atoms with Crippen molar-refractivity contribution in [2.45, 2.75) is 32.2 Å². The molecule has 2 rings (SSSR count). The van der Waals surface area contributed by atoms with Crippen molar-refractivity contribution in [3.8, 4) is 17.1 Å². The van der Waals surface area contributed by atoms with E-state index in [9.17, 15) is 4.79 Å². The standard InChI is InChI=1S/C14H18N4O3/c1-3-4-11(9-13(19)20)18-14(15-16-17-18)10-5-7-12(21-2)8-6-10/h5-8,11H,3-4,9H2,1-2H3,(H,19,20). The molecule has 0 aliphatic carbocycles. The number of benzene rings is 1. The van der Waals surface area contributed by atoms with Gasteiger partial charge in [-0.3, -0.25) is 4.79 Å². The van der Waals surface area contributed by atoms with Crippen LogP contribution in [-0.4, -0.2) is 38.4 Å². The molecule has 0 aliphatic rings. The predicted molar refractivity (Wildman–Crippen MR) is 76.0 cm³/mol. The molecule has 0 radical (unpaired) electrons. The van der Waals surface area contributed by atoms with Crippen LogP contribution in [0.15, 0.2) is 24.3 Å². The molecule has 7 nitrogen and oxygen atoms in total. The minimum absolute atomic E-state index is 0.00202. The third kappa shape index (κ3) is 3.56. The predicted octanol–water partition coefficient (Wildman–Crippen LogP) is 2.16. The van der Waals surface area contributed by atoms with Crippen LogP contribution in [0.1, 0.15) is 32.2 Å². The van der Waals surface area contributed by atoms with E-state index in [1.165, 1.54) is 0 Å². The molecule has 0 aliphatic heterocycles. The fraction of sp³-hybridized carbons (Fsp3) is 0.429. The van der Waals surface area contributed by atoms with Crippen LogP contribution in [0.5, 0.6) is 5.75 Å². The van der Waals surface area contributed by atoms with Gasteiger partial charge < -0.3 is 9.84 Å². The van der Waals surface area contributed by atoms with Gasteiger partial charge in [-0.05, 0) is 41.1 Å². The third-order valence-electron chi connectivity index (χ3n) is 3.22. The molecule has 1 N–H and O–H groups in total. The number of tetrazole rings is 1. The van der Waals surface area contributed by atoms with Gasteiger partial charge in [0.15, 0.2) is 5.82 Å². The highest BCUT2D eigenvalue weighted by atomic mass is 16.5. The Labute approximate surface area is 122 Å². The first kappa shape index (κ1) is 15.0. The molecular formula is C14H18N4O3. The van der Waals surface area contributed by atoms with Crippen LogP contribution in [0.4, 0.5) is 0 Å². The Hall–Kier alpha value is -2.44. The number of hydrogen-bond acceptors (Lipinski definition) is 5. The Balaban J connectivity index is 2.32. The number of carboxylic acids is 1. The van der Waals surface area contributed by atoms with Crippen LogP contribution >= 0.6 is 0 Å². The van der Waals surface area contributed by atoms with Gasteiger partial charge in [-0.15, -0.1) is 5.10 Å². The number of hydrogen-bond donors (Lipinski definition) is 1. The summed E-state index contributed by atoms with van der Waals surface area (Å²) in [4.78, 5) is 11.0. The monoisotopic (exact) mass is 290 g/mol. The zero-order valence-electron chi connectivity index (χ0n) is 12.1. The lowest BCUT2D eigenvalue weighted by atomic mass is 10.1. The molecule has 0 saturated heterocycles. The van der Waals surface area contributed by atoms with Crippen LogP contribution < -0.4 is 4.74 Å². The van der Waals surface area contributed by atoms with Crippen molar-refractivity contribution in [1.82, 2.24) is 20.2 Å². The minimum atomic E-state index is -0.857. The summed E-state index contributed by atoms with van der Waals surface area (Å²) >= 11 is 0. The number of nitrogens with zero attached hydrogens (tertiary/aromatic N) is 4. The quantitative estimate of drug-likeness (QED) is 0.840. The average molecular weight is 290 g/mol. The molecule has 7 heteroatoms. The number of methoxy groups -OCH3 is 1. The highest BCUT2D eigenvalue weighted by Gasteiger charge is 2.20. The fourth-order valence-corrected chi connectivity index (χ4v) is 2.22. The zero-order valence-corrected chi connectivity index (χ0v) is 12.1. The van der Waals surface area contributed by atoms with Gasteiger partial charge in [-0.2, -0.15) is 0 Å². The summed E-state index contributed by atoms with van der Waals surface area (Å²) in [5.41, 5.74) is 0.826. The van der Waals surface area contributed by atoms with Gasteiger partial charge in [0.05, 0.1) is 19.6 Å². The van der Waals surface area contributed by atoms with E-state index in [-0.39, 0.29) is 12.5 Å². The fourth-order valence-electron chi connectivity index (χ4n) is 2.22. The van der Waals surface area contributed by atoms with Gasteiger partial charge in [0.1, 0.15) is 5.75 Å². The third-order valence-corrected chi connectivity index (χ3v) is 3.22. The Morgan fingerprint density at radius 1 is 1.38 bits per heavy atom. The summed E-state index contributed by atoms with van der Waals surface area (Å²) in [6.45, 7) is 2.01. The molecule has 1 unspecified atom stereocenters. The van der Waals surface area contributed by atoms with E-state index in [1.54, 1.807) is 11.8 Å². The number of aromatic nitrogens is 4. The molecular weight excluding hydrogens is 272 g/mol. The number of carbonyl (C=O) groups is 1. The molecule has 0 fully saturated rings. The van der Waals surface area contributed by atoms with E-state index in [4.69, 9.17) is 9.84 Å². The van der Waals surface area contributed by atoms with Crippen LogP contribution in [0.2, 0.25) is 0 Å². The van der Waals surface area contributed by atoms with E-state index < -0.39 is 5.97 Å². The Morgan fingerprint density at radius 2 is 2.10 bits per heavy atom. The van der Waals surface area contributed by atoms with Gasteiger partial charge in [-0.1, -0.05) is 13.3 Å². The van der Waals surface area contributed by atoms with Gasteiger partial charge >= 0.3 is 5.97 Å². The zero-order chi connectivity index (χ0) is 15.2. The van der Waals surface area contributed by atoms with Crippen molar-refractivity contribution in [2.75, 3.05) is 7.11 Å². The smallest absolute Gasteiger partial charge is 0.305 e. The molecule has 112 valence electrons. The van der Waals surface area contributed by atoms with E-state index in [0.717, 1.165) is 17.7 Å². The van der Waals surface area contributed by atoms with E-state index >= 15 is 0 Å². The average Bonchev–Trinajstić information content (AvgIpc) is 2.96. The lowest BCUT2D eigenvalue weighted by Crippen LogP contribution is -2.16. The molecule has 1 heterocycles. The van der Waals surface area contributed by atoms with E-state index in [1.807, 2.05) is 31.2 Å². The Bertz CT molecular complexity index is 595. The minimum Gasteiger partial charge on any atom is -0.497 e. The van der Waals surface area contributed by atoms with E-state index in [0.29, 0.717) is 12.2 Å². The second-order valence-electron chi connectivity index (χ2n) is 4.72. The molecule has 1 atom stereocenters. The first-order chi connectivity index (χ1) is 10.2. The van der Waals surface area contributed by atoms with Crippen molar-refractivity contribution in [3.63, 3.8) is 0 Å². The first-order valence-electron chi connectivity index (χ1n) is 6.79. The molecule has 2 aromatic rings. The van der Waals surface area contributed by atoms with Gasteiger partial charge in [-0.25, -0.2) is 4.68 Å². The van der Waals surface area contributed by atoms with Crippen molar-refractivity contribution < 1.29 is 14.6 Å². The second kappa shape index (κ2) is 6.83. The van der Waals surface area contributed by atoms with Crippen molar-refractivity contribution in [3.05, 3.63) is 24.3 Å². The van der Waals surface area contributed by atoms with Gasteiger partial charge in [0, 0.05) is 5.56 Å². The molecule has 0 saturated carbocycles. The van der Waals surface area contributed by atoms with Gasteiger partial charge in [0.2, 0.25) is 0 Å². The summed E-state index contributed by atoms with van der Waals surface area (Å²) in [6.07, 6.45) is 1.57. The molecule has 1 aromatic carbocycles. The maximum absolute atomic E-state index is 11.0. The summed E-state index contributed by atoms with van der Waals surface area (Å²) < 4.78 is 6.72. The normalized spacial score (nSPS) is 12.1. The van der Waals surface area contributed by atoms with Crippen molar-refractivity contribution >= 4 is 5.97 Å². The molecule has 0 amide bonds. The Morgan fingerprint density at radius 3 is 2.67 bits per heavy atom. The highest BCUT2D eigenvalue weighted by Crippen LogP contribution is 2.25. The topological polar surface area (TPSA) is 90.1 Å². The summed E-state index contributed by atoms with van der Waals surface area (Å²) in [6, 6.07) is 7.09.